The Kier molecular flexibility index (Phi) is 5.42. The molecule has 3 heterocycles. The van der Waals surface area contributed by atoms with Crippen LogP contribution in [0.5, 0.6) is 0 Å². The van der Waals surface area contributed by atoms with Crippen LogP contribution in [0.3, 0.4) is 0 Å². The number of fused-ring (bicyclic) bond motifs is 1. The van der Waals surface area contributed by atoms with Crippen LogP contribution in [-0.4, -0.2) is 38.3 Å². The van der Waals surface area contributed by atoms with Gasteiger partial charge in [0.15, 0.2) is 5.82 Å². The molecule has 4 unspecified atom stereocenters. The van der Waals surface area contributed by atoms with Gasteiger partial charge in [0.2, 0.25) is 0 Å². The van der Waals surface area contributed by atoms with E-state index in [9.17, 15) is 10.2 Å². The first kappa shape index (κ1) is 19.0. The summed E-state index contributed by atoms with van der Waals surface area (Å²) < 4.78 is 18.3. The van der Waals surface area contributed by atoms with E-state index in [1.165, 1.54) is 6.33 Å². The number of ether oxygens (including phenoxy) is 1. The summed E-state index contributed by atoms with van der Waals surface area (Å²) in [7, 11) is -1.97. The summed E-state index contributed by atoms with van der Waals surface area (Å²) in [6.45, 7) is 5.61. The summed E-state index contributed by atoms with van der Waals surface area (Å²) in [5, 5.41) is 14.0. The highest BCUT2D eigenvalue weighted by atomic mass is 31.2. The lowest BCUT2D eigenvalue weighted by Crippen LogP contribution is -2.20. The fourth-order valence-electron chi connectivity index (χ4n) is 3.10. The van der Waals surface area contributed by atoms with E-state index in [4.69, 9.17) is 19.5 Å². The van der Waals surface area contributed by atoms with E-state index in [0.717, 1.165) is 5.69 Å². The molecule has 0 amide bonds. The quantitative estimate of drug-likeness (QED) is 0.732. The highest BCUT2D eigenvalue weighted by Gasteiger charge is 2.48. The first-order chi connectivity index (χ1) is 12.3. The minimum absolute atomic E-state index is 0.134. The number of nitriles is 1. The van der Waals surface area contributed by atoms with Gasteiger partial charge >= 0.3 is 8.60 Å². The number of hydrogen-bond acceptors (Lipinski definition) is 8. The van der Waals surface area contributed by atoms with E-state index in [0.29, 0.717) is 17.8 Å². The monoisotopic (exact) mass is 379 g/mol. The van der Waals surface area contributed by atoms with Gasteiger partial charge in [-0.3, -0.25) is 0 Å². The summed E-state index contributed by atoms with van der Waals surface area (Å²) >= 11 is 0. The highest BCUT2D eigenvalue weighted by Crippen LogP contribution is 2.48. The lowest BCUT2D eigenvalue weighted by molar-refractivity contribution is -0.00313. The van der Waals surface area contributed by atoms with Gasteiger partial charge in [0.25, 0.3) is 0 Å². The molecule has 1 aliphatic heterocycles. The van der Waals surface area contributed by atoms with Gasteiger partial charge < -0.3 is 24.4 Å². The van der Waals surface area contributed by atoms with Crippen LogP contribution < -0.4 is 5.73 Å². The number of aromatic nitrogens is 3. The second-order valence-corrected chi connectivity index (χ2v) is 7.70. The van der Waals surface area contributed by atoms with E-state index < -0.39 is 20.1 Å². The van der Waals surface area contributed by atoms with Crippen molar-refractivity contribution in [2.24, 2.45) is 5.41 Å². The third-order valence-corrected chi connectivity index (χ3v) is 5.24. The topological polar surface area (TPSA) is 128 Å². The molecule has 26 heavy (non-hydrogen) atoms. The molecule has 0 aliphatic carbocycles. The minimum atomic E-state index is -1.97. The van der Waals surface area contributed by atoms with Gasteiger partial charge in [0.1, 0.15) is 17.9 Å². The largest absolute Gasteiger partial charge is 0.382 e. The summed E-state index contributed by atoms with van der Waals surface area (Å²) in [4.78, 5) is 13.7. The Bertz CT molecular complexity index is 823. The van der Waals surface area contributed by atoms with E-state index >= 15 is 0 Å². The van der Waals surface area contributed by atoms with Gasteiger partial charge in [-0.25, -0.2) is 9.50 Å². The summed E-state index contributed by atoms with van der Waals surface area (Å²) in [5.74, 6) is 0.361. The van der Waals surface area contributed by atoms with Crippen molar-refractivity contribution < 1.29 is 18.7 Å². The third kappa shape index (κ3) is 3.65. The number of nitrogens with two attached hydrogens (primary N) is 1. The second kappa shape index (κ2) is 7.43. The molecule has 0 saturated carbocycles. The minimum Gasteiger partial charge on any atom is -0.382 e. The Hall–Kier alpha value is -1.82. The number of hydrogen-bond donors (Lipinski definition) is 2. The first-order valence-corrected chi connectivity index (χ1v) is 9.40. The number of anilines is 1. The first-order valence-electron chi connectivity index (χ1n) is 8.27. The molecule has 1 aliphatic rings. The van der Waals surface area contributed by atoms with Crippen LogP contribution in [0, 0.1) is 16.7 Å². The van der Waals surface area contributed by atoms with E-state index in [1.54, 1.807) is 10.6 Å². The maximum absolute atomic E-state index is 9.75. The molecule has 3 N–H and O–H groups in total. The predicted octanol–water partition coefficient (Wildman–Crippen LogP) is 2.33. The van der Waals surface area contributed by atoms with Gasteiger partial charge in [-0.2, -0.15) is 10.4 Å². The second-order valence-electron chi connectivity index (χ2n) is 6.76. The van der Waals surface area contributed by atoms with E-state index in [2.05, 4.69) is 16.2 Å². The zero-order chi connectivity index (χ0) is 18.9. The number of rotatable bonds is 6. The molecule has 2 aromatic heterocycles. The third-order valence-electron chi connectivity index (χ3n) is 4.27. The Labute approximate surface area is 152 Å². The van der Waals surface area contributed by atoms with Crippen molar-refractivity contribution in [2.45, 2.75) is 45.5 Å². The summed E-state index contributed by atoms with van der Waals surface area (Å²) in [6.07, 6.45) is 0.848. The van der Waals surface area contributed by atoms with Crippen LogP contribution in [0.2, 0.25) is 0 Å². The molecule has 0 spiro atoms. The molecule has 4 atom stereocenters. The van der Waals surface area contributed by atoms with Crippen molar-refractivity contribution in [1.82, 2.24) is 14.6 Å². The fraction of sp³-hybridized carbons (Fsp3) is 0.562. The molecule has 140 valence electrons. The molecule has 9 nitrogen and oxygen atoms in total. The van der Waals surface area contributed by atoms with Crippen LogP contribution in [0.4, 0.5) is 5.82 Å². The number of nitrogen functional groups attached to an aromatic ring is 1. The lowest BCUT2D eigenvalue weighted by atomic mass is 9.82. The average Bonchev–Trinajstić information content (AvgIpc) is 3.15. The molecule has 1 saturated heterocycles. The van der Waals surface area contributed by atoms with Crippen molar-refractivity contribution in [3.05, 3.63) is 24.2 Å². The lowest BCUT2D eigenvalue weighted by Gasteiger charge is -2.21. The Balaban J connectivity index is 1.78. The molecular formula is C16H22N5O4P. The van der Waals surface area contributed by atoms with Gasteiger partial charge in [0, 0.05) is 0 Å². The summed E-state index contributed by atoms with van der Waals surface area (Å²) in [5.41, 5.74) is 6.50. The molecular weight excluding hydrogens is 357 g/mol. The normalized spacial score (nSPS) is 27.1. The van der Waals surface area contributed by atoms with Gasteiger partial charge in [0.05, 0.1) is 36.0 Å². The summed E-state index contributed by atoms with van der Waals surface area (Å²) in [6, 6.07) is 5.99. The molecule has 0 radical (unpaired) electrons. The smallest absolute Gasteiger partial charge is 0.330 e. The van der Waals surface area contributed by atoms with Crippen molar-refractivity contribution in [1.29, 1.82) is 5.26 Å². The zero-order valence-corrected chi connectivity index (χ0v) is 15.8. The van der Waals surface area contributed by atoms with Gasteiger partial charge in [-0.15, -0.1) is 0 Å². The van der Waals surface area contributed by atoms with E-state index in [1.807, 2.05) is 26.8 Å². The van der Waals surface area contributed by atoms with Crippen molar-refractivity contribution in [3.8, 4) is 6.07 Å². The Morgan fingerprint density at radius 1 is 1.58 bits per heavy atom. The van der Waals surface area contributed by atoms with Crippen LogP contribution in [0.15, 0.2) is 18.5 Å². The SMILES string of the molecule is CC(C)OP(O)OCC1CC(C)(C#N)C(c2ccc3c(N)ncnn23)O1. The highest BCUT2D eigenvalue weighted by molar-refractivity contribution is 7.40. The average molecular weight is 379 g/mol. The Morgan fingerprint density at radius 2 is 2.35 bits per heavy atom. The maximum Gasteiger partial charge on any atom is 0.330 e. The zero-order valence-electron chi connectivity index (χ0n) is 14.9. The van der Waals surface area contributed by atoms with Crippen molar-refractivity contribution >= 4 is 19.9 Å². The maximum atomic E-state index is 9.75. The fourth-order valence-corrected chi connectivity index (χ4v) is 3.81. The van der Waals surface area contributed by atoms with E-state index in [-0.39, 0.29) is 18.8 Å². The van der Waals surface area contributed by atoms with Crippen molar-refractivity contribution in [2.75, 3.05) is 12.3 Å². The van der Waals surface area contributed by atoms with Gasteiger partial charge in [-0.05, 0) is 39.3 Å². The molecule has 2 aromatic rings. The van der Waals surface area contributed by atoms with Gasteiger partial charge in [-0.1, -0.05) is 0 Å². The van der Waals surface area contributed by atoms with Crippen molar-refractivity contribution in [3.63, 3.8) is 0 Å². The molecule has 0 aromatic carbocycles. The molecule has 0 bridgehead atoms. The molecule has 10 heteroatoms. The van der Waals surface area contributed by atoms with Crippen LogP contribution in [-0.2, 0) is 13.8 Å². The van der Waals surface area contributed by atoms with Crippen LogP contribution in [0.25, 0.3) is 5.52 Å². The predicted molar refractivity (Wildman–Crippen MR) is 94.7 cm³/mol. The standard InChI is InChI=1S/C16H22N5O4P/c1-10(2)25-26(22)23-7-11-6-16(3,8-17)14(24-11)12-4-5-13-15(18)19-9-20-21(12)13/h4-5,9-11,14,22H,6-7H2,1-3H3,(H2,18,19,20). The van der Waals surface area contributed by atoms with Crippen LogP contribution in [0.1, 0.15) is 39.0 Å². The molecule has 1 fully saturated rings. The Morgan fingerprint density at radius 3 is 3.04 bits per heavy atom. The van der Waals surface area contributed by atoms with Crippen LogP contribution >= 0.6 is 8.60 Å². The molecule has 3 rings (SSSR count). The number of nitrogens with zero attached hydrogens (tertiary/aromatic N) is 4.